The van der Waals surface area contributed by atoms with E-state index in [2.05, 4.69) is 0 Å². The molecule has 0 aliphatic carbocycles. The van der Waals surface area contributed by atoms with Crippen LogP contribution in [-0.2, 0) is 14.8 Å². The van der Waals surface area contributed by atoms with E-state index in [1.54, 1.807) is 25.7 Å². The molecule has 0 radical (unpaired) electrons. The van der Waals surface area contributed by atoms with Crippen LogP contribution in [0.2, 0.25) is 0 Å². The number of sulfonamides is 1. The van der Waals surface area contributed by atoms with E-state index in [4.69, 9.17) is 4.74 Å². The van der Waals surface area contributed by atoms with Gasteiger partial charge in [0, 0.05) is 31.2 Å². The molecule has 2 atom stereocenters. The van der Waals surface area contributed by atoms with Gasteiger partial charge in [-0.15, -0.1) is 0 Å². The first kappa shape index (κ1) is 19.6. The van der Waals surface area contributed by atoms with E-state index in [9.17, 15) is 23.3 Å². The van der Waals surface area contributed by atoms with Gasteiger partial charge in [-0.05, 0) is 39.7 Å². The summed E-state index contributed by atoms with van der Waals surface area (Å²) < 4.78 is 32.7. The molecule has 2 bridgehead atoms. The number of carbonyl (C=O) groups is 1. The maximum atomic E-state index is 13.0. The smallest absolute Gasteiger partial charge is 0.410 e. The molecule has 2 unspecified atom stereocenters. The maximum absolute atomic E-state index is 13.0. The third-order valence-corrected chi connectivity index (χ3v) is 6.61. The fourth-order valence-corrected chi connectivity index (χ4v) is 5.31. The Hall–Kier alpha value is -2.20. The van der Waals surface area contributed by atoms with E-state index in [0.717, 1.165) is 0 Å². The summed E-state index contributed by atoms with van der Waals surface area (Å²) in [6.45, 7) is 5.54. The van der Waals surface area contributed by atoms with Gasteiger partial charge in [0.05, 0.1) is 4.92 Å². The lowest BCUT2D eigenvalue weighted by atomic mass is 10.2. The van der Waals surface area contributed by atoms with Crippen LogP contribution < -0.4 is 0 Å². The van der Waals surface area contributed by atoms with Crippen molar-refractivity contribution in [2.75, 3.05) is 13.1 Å². The van der Waals surface area contributed by atoms with Crippen LogP contribution in [0.3, 0.4) is 0 Å². The number of hydrogen-bond donors (Lipinski definition) is 0. The highest BCUT2D eigenvalue weighted by Crippen LogP contribution is 2.35. The molecule has 27 heavy (non-hydrogen) atoms. The number of ether oxygens (including phenoxy) is 1. The predicted molar refractivity (Wildman–Crippen MR) is 96.7 cm³/mol. The number of nitro benzene ring substituents is 1. The topological polar surface area (TPSA) is 110 Å². The molecule has 1 aromatic carbocycles. The van der Waals surface area contributed by atoms with Gasteiger partial charge in [0.2, 0.25) is 10.0 Å². The molecular weight excluding hydrogens is 374 g/mol. The summed E-state index contributed by atoms with van der Waals surface area (Å²) in [5, 5.41) is 11.2. The number of carbonyl (C=O) groups excluding carboxylic acids is 1. The van der Waals surface area contributed by atoms with E-state index < -0.39 is 32.3 Å². The number of nitro groups is 1. The second-order valence-corrected chi connectivity index (χ2v) is 9.73. The summed E-state index contributed by atoms with van der Waals surface area (Å²) >= 11 is 0. The van der Waals surface area contributed by atoms with Gasteiger partial charge in [0.15, 0.2) is 4.90 Å². The normalized spacial score (nSPS) is 23.3. The zero-order chi connectivity index (χ0) is 20.0. The van der Waals surface area contributed by atoms with Gasteiger partial charge >= 0.3 is 6.09 Å². The fraction of sp³-hybridized carbons (Fsp3) is 0.588. The zero-order valence-corrected chi connectivity index (χ0v) is 16.3. The highest BCUT2D eigenvalue weighted by atomic mass is 32.2. The molecule has 9 nitrogen and oxygen atoms in total. The van der Waals surface area contributed by atoms with Crippen LogP contribution in [0.15, 0.2) is 29.2 Å². The van der Waals surface area contributed by atoms with Crippen molar-refractivity contribution in [1.82, 2.24) is 9.21 Å². The van der Waals surface area contributed by atoms with E-state index in [-0.39, 0.29) is 30.1 Å². The minimum Gasteiger partial charge on any atom is -0.444 e. The van der Waals surface area contributed by atoms with Crippen molar-refractivity contribution < 1.29 is 22.9 Å². The molecule has 148 valence electrons. The summed E-state index contributed by atoms with van der Waals surface area (Å²) in [5.74, 6) is 0. The first-order valence-corrected chi connectivity index (χ1v) is 10.2. The molecule has 3 rings (SSSR count). The predicted octanol–water partition coefficient (Wildman–Crippen LogP) is 2.37. The van der Waals surface area contributed by atoms with Crippen LogP contribution >= 0.6 is 0 Å². The van der Waals surface area contributed by atoms with Crippen molar-refractivity contribution in [3.05, 3.63) is 34.4 Å². The van der Waals surface area contributed by atoms with Crippen molar-refractivity contribution in [2.45, 2.75) is 56.2 Å². The van der Waals surface area contributed by atoms with Crippen LogP contribution in [0.25, 0.3) is 0 Å². The molecule has 1 aromatic rings. The minimum atomic E-state index is -4.03. The second-order valence-electron chi connectivity index (χ2n) is 7.82. The van der Waals surface area contributed by atoms with Crippen molar-refractivity contribution >= 4 is 21.8 Å². The van der Waals surface area contributed by atoms with Crippen LogP contribution in [0, 0.1) is 10.1 Å². The Kier molecular flexibility index (Phi) is 4.89. The van der Waals surface area contributed by atoms with Crippen molar-refractivity contribution in [1.29, 1.82) is 0 Å². The monoisotopic (exact) mass is 397 g/mol. The summed E-state index contributed by atoms with van der Waals surface area (Å²) in [6.07, 6.45) is 0.900. The van der Waals surface area contributed by atoms with E-state index >= 15 is 0 Å². The number of benzene rings is 1. The Morgan fingerprint density at radius 2 is 1.74 bits per heavy atom. The number of fused-ring (bicyclic) bond motifs is 2. The Bertz CT molecular complexity index is 850. The Labute approximate surface area is 158 Å². The van der Waals surface area contributed by atoms with Crippen LogP contribution in [0.5, 0.6) is 0 Å². The number of para-hydroxylation sites is 1. The van der Waals surface area contributed by atoms with Gasteiger partial charge in [-0.1, -0.05) is 12.1 Å². The van der Waals surface area contributed by atoms with Gasteiger partial charge in [0.1, 0.15) is 5.60 Å². The van der Waals surface area contributed by atoms with Crippen molar-refractivity contribution in [3.8, 4) is 0 Å². The average Bonchev–Trinajstić information content (AvgIpc) is 2.83. The first-order valence-electron chi connectivity index (χ1n) is 8.75. The first-order chi connectivity index (χ1) is 12.5. The fourth-order valence-electron chi connectivity index (χ4n) is 3.64. The molecule has 2 saturated heterocycles. The highest BCUT2D eigenvalue weighted by Gasteiger charge is 2.48. The van der Waals surface area contributed by atoms with Crippen molar-refractivity contribution in [2.24, 2.45) is 0 Å². The lowest BCUT2D eigenvalue weighted by Gasteiger charge is -2.40. The quantitative estimate of drug-likeness (QED) is 0.572. The molecule has 0 aromatic heterocycles. The second kappa shape index (κ2) is 6.75. The van der Waals surface area contributed by atoms with Gasteiger partial charge in [-0.25, -0.2) is 13.2 Å². The highest BCUT2D eigenvalue weighted by molar-refractivity contribution is 7.89. The van der Waals surface area contributed by atoms with Crippen LogP contribution in [-0.4, -0.2) is 59.4 Å². The molecular formula is C17H23N3O6S. The van der Waals surface area contributed by atoms with Gasteiger partial charge in [0.25, 0.3) is 5.69 Å². The number of nitrogens with zero attached hydrogens (tertiary/aromatic N) is 3. The minimum absolute atomic E-state index is 0.101. The Morgan fingerprint density at radius 3 is 2.26 bits per heavy atom. The third-order valence-electron chi connectivity index (χ3n) is 4.73. The van der Waals surface area contributed by atoms with Crippen LogP contribution in [0.4, 0.5) is 10.5 Å². The molecule has 2 fully saturated rings. The maximum Gasteiger partial charge on any atom is 0.410 e. The molecule has 10 heteroatoms. The number of piperazine rings is 1. The summed E-state index contributed by atoms with van der Waals surface area (Å²) in [7, 11) is -4.03. The zero-order valence-electron chi connectivity index (χ0n) is 15.5. The third kappa shape index (κ3) is 3.77. The lowest BCUT2D eigenvalue weighted by Crippen LogP contribution is -2.57. The molecule has 1 amide bonds. The largest absolute Gasteiger partial charge is 0.444 e. The standard InChI is InChI=1S/C17H23N3O6S/c1-17(2,3)26-16(21)19-12-8-9-13(19)11-18(10-12)27(24,25)15-7-5-4-6-14(15)20(22)23/h4-7,12-13H,8-11H2,1-3H3. The molecule has 0 N–H and O–H groups in total. The van der Waals surface area contributed by atoms with Gasteiger partial charge < -0.3 is 4.74 Å². The lowest BCUT2D eigenvalue weighted by molar-refractivity contribution is -0.387. The van der Waals surface area contributed by atoms with E-state index in [1.807, 2.05) is 0 Å². The molecule has 2 aliphatic heterocycles. The summed E-state index contributed by atoms with van der Waals surface area (Å²) in [6, 6.07) is 4.73. The van der Waals surface area contributed by atoms with E-state index in [0.29, 0.717) is 12.8 Å². The molecule has 0 saturated carbocycles. The van der Waals surface area contributed by atoms with Gasteiger partial charge in [-0.2, -0.15) is 4.31 Å². The number of amides is 1. The van der Waals surface area contributed by atoms with Crippen molar-refractivity contribution in [3.63, 3.8) is 0 Å². The molecule has 2 aliphatic rings. The SMILES string of the molecule is CC(C)(C)OC(=O)N1C2CCC1CN(S(=O)(=O)c1ccccc1[N+](=O)[O-])C2. The number of rotatable bonds is 3. The summed E-state index contributed by atoms with van der Waals surface area (Å²) in [5.41, 5.74) is -1.08. The average molecular weight is 397 g/mol. The van der Waals surface area contributed by atoms with Gasteiger partial charge in [-0.3, -0.25) is 15.0 Å². The van der Waals surface area contributed by atoms with Crippen LogP contribution in [0.1, 0.15) is 33.6 Å². The Morgan fingerprint density at radius 1 is 1.19 bits per heavy atom. The Balaban J connectivity index is 1.84. The molecule has 2 heterocycles. The summed E-state index contributed by atoms with van der Waals surface area (Å²) in [4.78, 5) is 24.3. The number of hydrogen-bond acceptors (Lipinski definition) is 6. The molecule has 0 spiro atoms. The van der Waals surface area contributed by atoms with E-state index in [1.165, 1.54) is 28.6 Å².